The summed E-state index contributed by atoms with van der Waals surface area (Å²) in [5, 5.41) is 3.35. The third-order valence-corrected chi connectivity index (χ3v) is 4.60. The summed E-state index contributed by atoms with van der Waals surface area (Å²) in [7, 11) is 2.03. The highest BCUT2D eigenvalue weighted by molar-refractivity contribution is 7.99. The van der Waals surface area contributed by atoms with Crippen LogP contribution in [0.1, 0.15) is 38.8 Å². The van der Waals surface area contributed by atoms with Crippen molar-refractivity contribution >= 4 is 11.8 Å². The molecule has 0 spiro atoms. The summed E-state index contributed by atoms with van der Waals surface area (Å²) in [5.41, 5.74) is 1.39. The molecule has 0 amide bonds. The summed E-state index contributed by atoms with van der Waals surface area (Å²) in [6.45, 7) is 10.1. The van der Waals surface area contributed by atoms with Crippen LogP contribution in [0.3, 0.4) is 0 Å². The SMILES string of the molecule is CCC(NC)c1ccc(SCCN(CC)CC)cc1. The molecule has 3 heteroatoms. The molecule has 1 rings (SSSR count). The number of hydrogen-bond acceptors (Lipinski definition) is 3. The Morgan fingerprint density at radius 1 is 1.11 bits per heavy atom. The Balaban J connectivity index is 2.44. The molecular weight excluding hydrogens is 252 g/mol. The maximum atomic E-state index is 3.35. The smallest absolute Gasteiger partial charge is 0.0314 e. The molecule has 1 aromatic rings. The van der Waals surface area contributed by atoms with Crippen molar-refractivity contribution in [1.82, 2.24) is 10.2 Å². The fraction of sp³-hybridized carbons (Fsp3) is 0.625. The molecule has 1 atom stereocenters. The van der Waals surface area contributed by atoms with Gasteiger partial charge >= 0.3 is 0 Å². The van der Waals surface area contributed by atoms with Crippen molar-refractivity contribution in [2.45, 2.75) is 38.1 Å². The van der Waals surface area contributed by atoms with Gasteiger partial charge in [0.2, 0.25) is 0 Å². The standard InChI is InChI=1S/C16H28N2S/c1-5-16(17-4)14-8-10-15(11-9-14)19-13-12-18(6-2)7-3/h8-11,16-17H,5-7,12-13H2,1-4H3. The Kier molecular flexibility index (Phi) is 8.19. The van der Waals surface area contributed by atoms with Gasteiger partial charge in [-0.1, -0.05) is 32.9 Å². The molecule has 108 valence electrons. The first-order valence-corrected chi connectivity index (χ1v) is 8.36. The zero-order chi connectivity index (χ0) is 14.1. The monoisotopic (exact) mass is 280 g/mol. The Morgan fingerprint density at radius 3 is 2.21 bits per heavy atom. The van der Waals surface area contributed by atoms with Crippen LogP contribution in [0.4, 0.5) is 0 Å². The van der Waals surface area contributed by atoms with Crippen molar-refractivity contribution in [2.75, 3.05) is 32.4 Å². The number of nitrogens with zero attached hydrogens (tertiary/aromatic N) is 1. The summed E-state index contributed by atoms with van der Waals surface area (Å²) < 4.78 is 0. The van der Waals surface area contributed by atoms with Gasteiger partial charge in [0.25, 0.3) is 0 Å². The van der Waals surface area contributed by atoms with Gasteiger partial charge in [-0.25, -0.2) is 0 Å². The Hall–Kier alpha value is -0.510. The van der Waals surface area contributed by atoms with E-state index in [2.05, 4.69) is 55.3 Å². The van der Waals surface area contributed by atoms with Crippen LogP contribution in [0.15, 0.2) is 29.2 Å². The van der Waals surface area contributed by atoms with E-state index in [0.717, 1.165) is 19.5 Å². The number of hydrogen-bond donors (Lipinski definition) is 1. The van der Waals surface area contributed by atoms with Gasteiger partial charge in [0.1, 0.15) is 0 Å². The topological polar surface area (TPSA) is 15.3 Å². The summed E-state index contributed by atoms with van der Waals surface area (Å²) >= 11 is 1.95. The fourth-order valence-corrected chi connectivity index (χ4v) is 3.15. The molecule has 0 aliphatic rings. The lowest BCUT2D eigenvalue weighted by Crippen LogP contribution is -2.25. The van der Waals surface area contributed by atoms with Gasteiger partial charge in [0, 0.05) is 23.2 Å². The summed E-state index contributed by atoms with van der Waals surface area (Å²) in [6, 6.07) is 9.49. The molecule has 0 saturated carbocycles. The first-order valence-electron chi connectivity index (χ1n) is 7.37. The highest BCUT2D eigenvalue weighted by Crippen LogP contribution is 2.22. The first kappa shape index (κ1) is 16.5. The van der Waals surface area contributed by atoms with Crippen molar-refractivity contribution in [2.24, 2.45) is 0 Å². The van der Waals surface area contributed by atoms with E-state index in [0.29, 0.717) is 6.04 Å². The third kappa shape index (κ3) is 5.55. The molecule has 1 aromatic carbocycles. The van der Waals surface area contributed by atoms with Gasteiger partial charge < -0.3 is 10.2 Å². The average Bonchev–Trinajstić information content (AvgIpc) is 2.46. The van der Waals surface area contributed by atoms with Crippen LogP contribution in [0.25, 0.3) is 0 Å². The number of thioether (sulfide) groups is 1. The van der Waals surface area contributed by atoms with E-state index < -0.39 is 0 Å². The van der Waals surface area contributed by atoms with Crippen LogP contribution in [-0.4, -0.2) is 37.3 Å². The van der Waals surface area contributed by atoms with Gasteiger partial charge in [0.15, 0.2) is 0 Å². The quantitative estimate of drug-likeness (QED) is 0.693. The van der Waals surface area contributed by atoms with E-state index >= 15 is 0 Å². The predicted molar refractivity (Wildman–Crippen MR) is 87.0 cm³/mol. The minimum absolute atomic E-state index is 0.481. The molecule has 0 saturated heterocycles. The van der Waals surface area contributed by atoms with Crippen molar-refractivity contribution in [3.05, 3.63) is 29.8 Å². The lowest BCUT2D eigenvalue weighted by molar-refractivity contribution is 0.324. The minimum Gasteiger partial charge on any atom is -0.313 e. The molecule has 19 heavy (non-hydrogen) atoms. The molecule has 0 heterocycles. The maximum Gasteiger partial charge on any atom is 0.0314 e. The molecule has 0 aliphatic heterocycles. The van der Waals surface area contributed by atoms with Gasteiger partial charge in [-0.2, -0.15) is 0 Å². The molecule has 0 bridgehead atoms. The van der Waals surface area contributed by atoms with Gasteiger partial charge in [-0.3, -0.25) is 0 Å². The fourth-order valence-electron chi connectivity index (χ4n) is 2.24. The van der Waals surface area contributed by atoms with E-state index in [4.69, 9.17) is 0 Å². The highest BCUT2D eigenvalue weighted by atomic mass is 32.2. The molecule has 1 N–H and O–H groups in total. The minimum atomic E-state index is 0.481. The predicted octanol–water partition coefficient (Wildman–Crippen LogP) is 3.79. The molecular formula is C16H28N2S. The molecule has 0 aromatic heterocycles. The lowest BCUT2D eigenvalue weighted by atomic mass is 10.1. The highest BCUT2D eigenvalue weighted by Gasteiger charge is 2.06. The van der Waals surface area contributed by atoms with Crippen molar-refractivity contribution in [3.63, 3.8) is 0 Å². The van der Waals surface area contributed by atoms with E-state index in [9.17, 15) is 0 Å². The molecule has 0 aliphatic carbocycles. The number of benzene rings is 1. The van der Waals surface area contributed by atoms with E-state index in [-0.39, 0.29) is 0 Å². The molecule has 2 nitrogen and oxygen atoms in total. The normalized spacial score (nSPS) is 12.9. The second-order valence-electron chi connectivity index (χ2n) is 4.69. The Labute approximate surface area is 123 Å². The number of nitrogens with one attached hydrogen (secondary N) is 1. The summed E-state index contributed by atoms with van der Waals surface area (Å²) in [5.74, 6) is 1.17. The van der Waals surface area contributed by atoms with Gasteiger partial charge in [0.05, 0.1) is 0 Å². The van der Waals surface area contributed by atoms with E-state index in [1.165, 1.54) is 22.8 Å². The zero-order valence-corrected chi connectivity index (χ0v) is 13.6. The van der Waals surface area contributed by atoms with Gasteiger partial charge in [-0.05, 0) is 44.3 Å². The average molecular weight is 280 g/mol. The Morgan fingerprint density at radius 2 is 1.74 bits per heavy atom. The zero-order valence-electron chi connectivity index (χ0n) is 12.8. The largest absolute Gasteiger partial charge is 0.313 e. The van der Waals surface area contributed by atoms with Gasteiger partial charge in [-0.15, -0.1) is 11.8 Å². The second kappa shape index (κ2) is 9.40. The molecule has 0 fully saturated rings. The van der Waals surface area contributed by atoms with Crippen LogP contribution in [0.2, 0.25) is 0 Å². The number of rotatable bonds is 9. The summed E-state index contributed by atoms with van der Waals surface area (Å²) in [4.78, 5) is 3.84. The van der Waals surface area contributed by atoms with Crippen LogP contribution >= 0.6 is 11.8 Å². The van der Waals surface area contributed by atoms with Crippen molar-refractivity contribution in [1.29, 1.82) is 0 Å². The van der Waals surface area contributed by atoms with Crippen LogP contribution in [-0.2, 0) is 0 Å². The van der Waals surface area contributed by atoms with Crippen LogP contribution in [0.5, 0.6) is 0 Å². The van der Waals surface area contributed by atoms with Crippen LogP contribution in [0, 0.1) is 0 Å². The van der Waals surface area contributed by atoms with E-state index in [1.54, 1.807) is 0 Å². The summed E-state index contributed by atoms with van der Waals surface area (Å²) in [6.07, 6.45) is 1.13. The lowest BCUT2D eigenvalue weighted by Gasteiger charge is -2.17. The second-order valence-corrected chi connectivity index (χ2v) is 5.86. The van der Waals surface area contributed by atoms with Crippen molar-refractivity contribution in [3.8, 4) is 0 Å². The third-order valence-electron chi connectivity index (χ3n) is 3.61. The van der Waals surface area contributed by atoms with E-state index in [1.807, 2.05) is 18.8 Å². The Bertz CT molecular complexity index is 329. The van der Waals surface area contributed by atoms with Crippen molar-refractivity contribution < 1.29 is 0 Å². The first-order chi connectivity index (χ1) is 9.24. The van der Waals surface area contributed by atoms with Crippen LogP contribution < -0.4 is 5.32 Å². The molecule has 0 radical (unpaired) electrons. The molecule has 1 unspecified atom stereocenters. The maximum absolute atomic E-state index is 3.35.